The molecule has 0 amide bonds. The predicted molar refractivity (Wildman–Crippen MR) is 70.5 cm³/mol. The van der Waals surface area contributed by atoms with Crippen molar-refractivity contribution in [2.75, 3.05) is 11.9 Å². The van der Waals surface area contributed by atoms with E-state index in [4.69, 9.17) is 4.74 Å². The summed E-state index contributed by atoms with van der Waals surface area (Å²) in [5.41, 5.74) is 0.884. The van der Waals surface area contributed by atoms with Crippen LogP contribution in [-0.2, 0) is 4.74 Å². The molecule has 0 radical (unpaired) electrons. The summed E-state index contributed by atoms with van der Waals surface area (Å²) in [6.07, 6.45) is 0.645. The van der Waals surface area contributed by atoms with Gasteiger partial charge >= 0.3 is 6.16 Å². The van der Waals surface area contributed by atoms with Gasteiger partial charge in [-0.1, -0.05) is 30.9 Å². The van der Waals surface area contributed by atoms with Crippen LogP contribution in [0.25, 0.3) is 0 Å². The van der Waals surface area contributed by atoms with Crippen LogP contribution in [0.1, 0.15) is 0 Å². The van der Waals surface area contributed by atoms with Crippen LogP contribution in [0, 0.1) is 0 Å². The highest BCUT2D eigenvalue weighted by Crippen LogP contribution is 2.18. The number of nitrogens with one attached hydrogen (secondary N) is 2. The maximum Gasteiger partial charge on any atom is 0.515 e. The molecule has 0 aliphatic rings. The summed E-state index contributed by atoms with van der Waals surface area (Å²) in [4.78, 5) is 11.2. The lowest BCUT2D eigenvalue weighted by atomic mass is 10.3. The predicted octanol–water partition coefficient (Wildman–Crippen LogP) is 2.85. The minimum absolute atomic E-state index is 0.0993. The molecule has 0 saturated heterocycles. The van der Waals surface area contributed by atoms with E-state index in [0.717, 1.165) is 5.69 Å². The van der Waals surface area contributed by atoms with E-state index in [0.29, 0.717) is 5.82 Å². The van der Waals surface area contributed by atoms with Crippen LogP contribution in [0.15, 0.2) is 49.1 Å². The van der Waals surface area contributed by atoms with Crippen LogP contribution in [0.2, 0.25) is 0 Å². The highest BCUT2D eigenvalue weighted by atomic mass is 16.7. The molecule has 2 aromatic rings. The fourth-order valence-electron chi connectivity index (χ4n) is 1.34. The molecule has 2 N–H and O–H groups in total. The maximum absolute atomic E-state index is 11.2. The van der Waals surface area contributed by atoms with Crippen molar-refractivity contribution in [3.8, 4) is 5.88 Å². The fourth-order valence-corrected chi connectivity index (χ4v) is 1.34. The number of carbonyl (C=O) groups excluding carboxylic acids is 1. The average molecular weight is 259 g/mol. The van der Waals surface area contributed by atoms with Crippen LogP contribution in [0.5, 0.6) is 5.88 Å². The Kier molecular flexibility index (Phi) is 4.17. The summed E-state index contributed by atoms with van der Waals surface area (Å²) >= 11 is 0. The van der Waals surface area contributed by atoms with Crippen molar-refractivity contribution in [3.05, 3.63) is 49.1 Å². The zero-order chi connectivity index (χ0) is 13.5. The van der Waals surface area contributed by atoms with Crippen LogP contribution in [0.4, 0.5) is 16.3 Å². The summed E-state index contributed by atoms with van der Waals surface area (Å²) in [6, 6.07) is 11.1. The van der Waals surface area contributed by atoms with Crippen LogP contribution < -0.4 is 10.1 Å². The molecule has 0 unspecified atom stereocenters. The van der Waals surface area contributed by atoms with Crippen LogP contribution in [-0.4, -0.2) is 23.0 Å². The molecule has 0 aliphatic carbocycles. The molecule has 6 heteroatoms. The Balaban J connectivity index is 1.92. The highest BCUT2D eigenvalue weighted by Gasteiger charge is 2.08. The van der Waals surface area contributed by atoms with Gasteiger partial charge in [-0.25, -0.2) is 9.89 Å². The van der Waals surface area contributed by atoms with Crippen molar-refractivity contribution in [3.63, 3.8) is 0 Å². The Hall–Kier alpha value is -2.76. The monoisotopic (exact) mass is 259 g/mol. The molecule has 19 heavy (non-hydrogen) atoms. The Bertz CT molecular complexity index is 551. The van der Waals surface area contributed by atoms with Gasteiger partial charge in [0.2, 0.25) is 5.88 Å². The first-order valence-electron chi connectivity index (χ1n) is 5.61. The van der Waals surface area contributed by atoms with E-state index < -0.39 is 6.16 Å². The molecule has 0 spiro atoms. The summed E-state index contributed by atoms with van der Waals surface area (Å²) in [7, 11) is 0. The number of ether oxygens (including phenoxy) is 2. The van der Waals surface area contributed by atoms with Gasteiger partial charge in [-0.15, -0.1) is 0 Å². The van der Waals surface area contributed by atoms with Crippen molar-refractivity contribution in [1.29, 1.82) is 0 Å². The number of anilines is 2. The second-order valence-corrected chi connectivity index (χ2v) is 3.56. The van der Waals surface area contributed by atoms with Gasteiger partial charge in [-0.3, -0.25) is 0 Å². The van der Waals surface area contributed by atoms with Crippen molar-refractivity contribution in [2.45, 2.75) is 0 Å². The largest absolute Gasteiger partial charge is 0.515 e. The molecule has 0 aliphatic heterocycles. The number of hydrogen-bond acceptors (Lipinski definition) is 5. The molecule has 2 rings (SSSR count). The highest BCUT2D eigenvalue weighted by molar-refractivity contribution is 5.64. The number of aromatic nitrogens is 2. The Morgan fingerprint density at radius 2 is 2.21 bits per heavy atom. The third-order valence-corrected chi connectivity index (χ3v) is 2.11. The lowest BCUT2D eigenvalue weighted by Gasteiger charge is -2.01. The van der Waals surface area contributed by atoms with Crippen molar-refractivity contribution in [2.24, 2.45) is 0 Å². The number of aromatic amines is 1. The van der Waals surface area contributed by atoms with Crippen molar-refractivity contribution < 1.29 is 14.3 Å². The number of benzene rings is 1. The van der Waals surface area contributed by atoms with Gasteiger partial charge < -0.3 is 14.8 Å². The average Bonchev–Trinajstić information content (AvgIpc) is 2.85. The lowest BCUT2D eigenvalue weighted by molar-refractivity contribution is 0.108. The van der Waals surface area contributed by atoms with E-state index in [1.807, 2.05) is 30.3 Å². The normalized spacial score (nSPS) is 9.68. The first-order valence-corrected chi connectivity index (χ1v) is 5.61. The minimum Gasteiger partial charge on any atom is -0.430 e. The van der Waals surface area contributed by atoms with E-state index >= 15 is 0 Å². The summed E-state index contributed by atoms with van der Waals surface area (Å²) < 4.78 is 9.54. The van der Waals surface area contributed by atoms with Crippen molar-refractivity contribution in [1.82, 2.24) is 10.2 Å². The fraction of sp³-hybridized carbons (Fsp3) is 0.0769. The second-order valence-electron chi connectivity index (χ2n) is 3.56. The molecule has 0 saturated carbocycles. The summed E-state index contributed by atoms with van der Waals surface area (Å²) in [5, 5.41) is 9.58. The maximum atomic E-state index is 11.2. The molecular weight excluding hydrogens is 246 g/mol. The summed E-state index contributed by atoms with van der Waals surface area (Å²) in [5.74, 6) is 0.741. The smallest absolute Gasteiger partial charge is 0.430 e. The topological polar surface area (TPSA) is 76.2 Å². The molecule has 0 bridgehead atoms. The number of carbonyl (C=O) groups is 1. The number of nitrogens with zero attached hydrogens (tertiary/aromatic N) is 1. The van der Waals surface area contributed by atoms with Gasteiger partial charge in [0.05, 0.1) is 0 Å². The number of rotatable bonds is 5. The van der Waals surface area contributed by atoms with Gasteiger partial charge in [0.25, 0.3) is 0 Å². The Morgan fingerprint density at radius 3 is 2.95 bits per heavy atom. The van der Waals surface area contributed by atoms with Gasteiger partial charge in [0.15, 0.2) is 5.82 Å². The summed E-state index contributed by atoms with van der Waals surface area (Å²) in [6.45, 7) is 3.53. The third kappa shape index (κ3) is 3.88. The molecule has 0 atom stereocenters. The van der Waals surface area contributed by atoms with Crippen LogP contribution in [0.3, 0.4) is 0 Å². The van der Waals surface area contributed by atoms with Gasteiger partial charge in [0, 0.05) is 11.8 Å². The Morgan fingerprint density at radius 1 is 1.42 bits per heavy atom. The zero-order valence-electron chi connectivity index (χ0n) is 10.1. The zero-order valence-corrected chi connectivity index (χ0v) is 10.1. The molecule has 98 valence electrons. The molecule has 1 aromatic heterocycles. The van der Waals surface area contributed by atoms with E-state index in [9.17, 15) is 4.79 Å². The first kappa shape index (κ1) is 12.7. The van der Waals surface area contributed by atoms with Gasteiger partial charge in [0.1, 0.15) is 6.61 Å². The van der Waals surface area contributed by atoms with E-state index in [2.05, 4.69) is 26.8 Å². The molecule has 0 fully saturated rings. The molecule has 6 nitrogen and oxygen atoms in total. The van der Waals surface area contributed by atoms with E-state index in [1.165, 1.54) is 6.08 Å². The quantitative estimate of drug-likeness (QED) is 0.637. The molecular formula is C13H13N3O3. The Labute approximate surface area is 110 Å². The second kappa shape index (κ2) is 6.25. The van der Waals surface area contributed by atoms with Crippen LogP contribution >= 0.6 is 0 Å². The SMILES string of the molecule is C=CCOC(=O)Oc1cc(Nc2ccccc2)n[nH]1. The molecule has 1 aromatic carbocycles. The van der Waals surface area contributed by atoms with Gasteiger partial charge in [-0.05, 0) is 12.1 Å². The van der Waals surface area contributed by atoms with E-state index in [-0.39, 0.29) is 12.5 Å². The number of para-hydroxylation sites is 1. The first-order chi connectivity index (χ1) is 9.28. The standard InChI is InChI=1S/C13H13N3O3/c1-2-8-18-13(17)19-12-9-11(15-16-12)14-10-6-4-3-5-7-10/h2-7,9H,1,8H2,(H2,14,15,16). The van der Waals surface area contributed by atoms with Gasteiger partial charge in [-0.2, -0.15) is 5.10 Å². The van der Waals surface area contributed by atoms with Crippen molar-refractivity contribution >= 4 is 17.7 Å². The third-order valence-electron chi connectivity index (χ3n) is 2.11. The number of hydrogen-bond donors (Lipinski definition) is 2. The molecule has 1 heterocycles. The van der Waals surface area contributed by atoms with E-state index in [1.54, 1.807) is 6.07 Å². The lowest BCUT2D eigenvalue weighted by Crippen LogP contribution is -2.10. The minimum atomic E-state index is -0.810. The number of H-pyrrole nitrogens is 1.